The van der Waals surface area contributed by atoms with Crippen LogP contribution in [0.4, 0.5) is 4.79 Å². The lowest BCUT2D eigenvalue weighted by molar-refractivity contribution is 0.0285. The van der Waals surface area contributed by atoms with Crippen molar-refractivity contribution in [3.8, 4) is 0 Å². The number of hydrogen-bond donors (Lipinski definition) is 0. The van der Waals surface area contributed by atoms with E-state index in [1.54, 1.807) is 4.90 Å². The van der Waals surface area contributed by atoms with E-state index >= 15 is 0 Å². The Bertz CT molecular complexity index is 531. The first-order valence-corrected chi connectivity index (χ1v) is 8.42. The summed E-state index contributed by atoms with van der Waals surface area (Å²) in [5, 5.41) is 0. The molecule has 7 heteroatoms. The zero-order valence-electron chi connectivity index (χ0n) is 12.3. The second-order valence-electron chi connectivity index (χ2n) is 6.37. The van der Waals surface area contributed by atoms with Gasteiger partial charge in [-0.3, -0.25) is 4.18 Å². The van der Waals surface area contributed by atoms with Crippen LogP contribution in [0, 0.1) is 5.92 Å². The van der Waals surface area contributed by atoms with Gasteiger partial charge in [0.15, 0.2) is 0 Å². The molecule has 0 aromatic heterocycles. The van der Waals surface area contributed by atoms with Crippen LogP contribution in [0.2, 0.25) is 0 Å². The third-order valence-electron chi connectivity index (χ3n) is 3.21. The molecule has 2 aliphatic rings. The number of amides is 1. The number of ether oxygens (including phenoxy) is 1. The van der Waals surface area contributed by atoms with E-state index in [1.165, 1.54) is 0 Å². The maximum Gasteiger partial charge on any atom is 0.410 e. The van der Waals surface area contributed by atoms with Crippen LogP contribution in [0.25, 0.3) is 0 Å². The molecule has 0 radical (unpaired) electrons. The van der Waals surface area contributed by atoms with Crippen molar-refractivity contribution in [1.29, 1.82) is 0 Å². The van der Waals surface area contributed by atoms with Gasteiger partial charge < -0.3 is 9.64 Å². The lowest BCUT2D eigenvalue weighted by atomic mass is 10.1. The normalized spacial score (nSPS) is 26.4. The van der Waals surface area contributed by atoms with Crippen LogP contribution in [-0.2, 0) is 19.0 Å². The molecule has 0 spiro atoms. The van der Waals surface area contributed by atoms with E-state index in [1.807, 2.05) is 26.8 Å². The Labute approximate surface area is 119 Å². The van der Waals surface area contributed by atoms with Crippen molar-refractivity contribution in [2.75, 3.05) is 19.3 Å². The summed E-state index contributed by atoms with van der Waals surface area (Å²) in [4.78, 5) is 13.6. The maximum atomic E-state index is 12.0. The third kappa shape index (κ3) is 3.96. The molecule has 1 amide bonds. The number of carbonyl (C=O) groups excluding carboxylic acids is 1. The molecule has 1 aliphatic heterocycles. The average Bonchev–Trinajstić information content (AvgIpc) is 2.68. The lowest BCUT2D eigenvalue weighted by Gasteiger charge is -2.24. The lowest BCUT2D eigenvalue weighted by Crippen LogP contribution is -2.35. The molecule has 2 unspecified atom stereocenters. The first-order valence-electron chi connectivity index (χ1n) is 6.60. The van der Waals surface area contributed by atoms with Gasteiger partial charge in [0.2, 0.25) is 0 Å². The van der Waals surface area contributed by atoms with Crippen LogP contribution < -0.4 is 0 Å². The highest BCUT2D eigenvalue weighted by atomic mass is 32.2. The molecule has 0 saturated carbocycles. The molecule has 1 aliphatic carbocycles. The monoisotopic (exact) mass is 303 g/mol. The molecular weight excluding hydrogens is 282 g/mol. The first kappa shape index (κ1) is 15.3. The fourth-order valence-electron chi connectivity index (χ4n) is 2.56. The van der Waals surface area contributed by atoms with Crippen molar-refractivity contribution in [2.24, 2.45) is 5.92 Å². The van der Waals surface area contributed by atoms with Crippen molar-refractivity contribution >= 4 is 16.2 Å². The van der Waals surface area contributed by atoms with Gasteiger partial charge in [-0.1, -0.05) is 6.08 Å². The largest absolute Gasteiger partial charge is 0.444 e. The fourth-order valence-corrected chi connectivity index (χ4v) is 3.14. The van der Waals surface area contributed by atoms with Crippen LogP contribution in [-0.4, -0.2) is 50.5 Å². The third-order valence-corrected chi connectivity index (χ3v) is 3.80. The molecule has 0 bridgehead atoms. The molecule has 20 heavy (non-hydrogen) atoms. The van der Waals surface area contributed by atoms with Gasteiger partial charge in [0.25, 0.3) is 10.1 Å². The zero-order chi connectivity index (χ0) is 15.1. The van der Waals surface area contributed by atoms with Crippen LogP contribution >= 0.6 is 0 Å². The summed E-state index contributed by atoms with van der Waals surface area (Å²) in [6, 6.07) is 0. The Morgan fingerprint density at radius 2 is 2.05 bits per heavy atom. The van der Waals surface area contributed by atoms with Gasteiger partial charge in [-0.2, -0.15) is 8.42 Å². The highest BCUT2D eigenvalue weighted by Gasteiger charge is 2.38. The molecule has 114 valence electrons. The molecule has 0 aromatic carbocycles. The van der Waals surface area contributed by atoms with Gasteiger partial charge in [0, 0.05) is 19.0 Å². The van der Waals surface area contributed by atoms with Gasteiger partial charge in [0.05, 0.1) is 12.4 Å². The van der Waals surface area contributed by atoms with Gasteiger partial charge in [-0.25, -0.2) is 4.79 Å². The smallest absolute Gasteiger partial charge is 0.410 e. The highest BCUT2D eigenvalue weighted by molar-refractivity contribution is 7.86. The number of fused-ring (bicyclic) bond motifs is 1. The van der Waals surface area contributed by atoms with Crippen molar-refractivity contribution in [3.05, 3.63) is 11.6 Å². The molecule has 0 aromatic rings. The van der Waals surface area contributed by atoms with Crippen LogP contribution in [0.5, 0.6) is 0 Å². The number of nitrogens with zero attached hydrogens (tertiary/aromatic N) is 1. The Kier molecular flexibility index (Phi) is 3.85. The van der Waals surface area contributed by atoms with Crippen LogP contribution in [0.15, 0.2) is 11.6 Å². The fraction of sp³-hybridized carbons (Fsp3) is 0.769. The van der Waals surface area contributed by atoms with E-state index in [9.17, 15) is 13.2 Å². The summed E-state index contributed by atoms with van der Waals surface area (Å²) in [6.45, 7) is 6.54. The molecule has 0 N–H and O–H groups in total. The minimum Gasteiger partial charge on any atom is -0.444 e. The summed E-state index contributed by atoms with van der Waals surface area (Å²) in [6.07, 6.45) is 2.74. The standard InChI is InChI=1S/C13H21NO5S/c1-13(2,3)18-12(15)14-7-9-5-11(6-10(9)8-14)19-20(4,16)17/h5,10-11H,6-8H2,1-4H3. The average molecular weight is 303 g/mol. The predicted octanol–water partition coefficient (Wildman–Crippen LogP) is 1.53. The van der Waals surface area contributed by atoms with Crippen molar-refractivity contribution < 1.29 is 22.1 Å². The van der Waals surface area contributed by atoms with Crippen molar-refractivity contribution in [2.45, 2.75) is 38.9 Å². The summed E-state index contributed by atoms with van der Waals surface area (Å²) < 4.78 is 32.5. The summed E-state index contributed by atoms with van der Waals surface area (Å²) in [5.41, 5.74) is 0.551. The molecule has 6 nitrogen and oxygen atoms in total. The van der Waals surface area contributed by atoms with Gasteiger partial charge in [0.1, 0.15) is 5.60 Å². The molecule has 1 fully saturated rings. The van der Waals surface area contributed by atoms with E-state index in [4.69, 9.17) is 8.92 Å². The van der Waals surface area contributed by atoms with Crippen molar-refractivity contribution in [1.82, 2.24) is 4.90 Å². The maximum absolute atomic E-state index is 12.0. The minimum atomic E-state index is -3.44. The SMILES string of the molecule is CC(C)(C)OC(=O)N1CC2=CC(OS(C)(=O)=O)CC2C1. The quantitative estimate of drug-likeness (QED) is 0.571. The Morgan fingerprint density at radius 1 is 1.40 bits per heavy atom. The number of likely N-dealkylation sites (tertiary alicyclic amines) is 1. The van der Waals surface area contributed by atoms with E-state index in [0.29, 0.717) is 19.5 Å². The second-order valence-corrected chi connectivity index (χ2v) is 7.97. The topological polar surface area (TPSA) is 72.9 Å². The van der Waals surface area contributed by atoms with E-state index < -0.39 is 21.8 Å². The number of hydrogen-bond acceptors (Lipinski definition) is 5. The zero-order valence-corrected chi connectivity index (χ0v) is 13.1. The summed E-state index contributed by atoms with van der Waals surface area (Å²) >= 11 is 0. The first-order chi connectivity index (χ1) is 9.03. The van der Waals surface area contributed by atoms with E-state index in [-0.39, 0.29) is 12.0 Å². The van der Waals surface area contributed by atoms with Crippen LogP contribution in [0.3, 0.4) is 0 Å². The predicted molar refractivity (Wildman–Crippen MR) is 73.7 cm³/mol. The Hall–Kier alpha value is -1.08. The Morgan fingerprint density at radius 3 is 2.55 bits per heavy atom. The highest BCUT2D eigenvalue weighted by Crippen LogP contribution is 2.35. The molecular formula is C13H21NO5S. The van der Waals surface area contributed by atoms with Crippen LogP contribution in [0.1, 0.15) is 27.2 Å². The minimum absolute atomic E-state index is 0.175. The van der Waals surface area contributed by atoms with E-state index in [2.05, 4.69) is 0 Å². The van der Waals surface area contributed by atoms with Gasteiger partial charge in [-0.05, 0) is 32.8 Å². The molecule has 2 rings (SSSR count). The molecule has 2 atom stereocenters. The van der Waals surface area contributed by atoms with Crippen molar-refractivity contribution in [3.63, 3.8) is 0 Å². The van der Waals surface area contributed by atoms with Gasteiger partial charge in [-0.15, -0.1) is 0 Å². The van der Waals surface area contributed by atoms with E-state index in [0.717, 1.165) is 11.8 Å². The molecule has 1 heterocycles. The second kappa shape index (κ2) is 5.04. The Balaban J connectivity index is 1.95. The molecule has 1 saturated heterocycles. The number of carbonyl (C=O) groups is 1. The summed E-state index contributed by atoms with van der Waals surface area (Å²) in [7, 11) is -3.44. The number of rotatable bonds is 2. The summed E-state index contributed by atoms with van der Waals surface area (Å²) in [5.74, 6) is 0.175. The van der Waals surface area contributed by atoms with Gasteiger partial charge >= 0.3 is 6.09 Å².